The lowest BCUT2D eigenvalue weighted by Gasteiger charge is -2.60. The van der Waals surface area contributed by atoms with Crippen molar-refractivity contribution in [3.63, 3.8) is 0 Å². The van der Waals surface area contributed by atoms with Gasteiger partial charge in [0, 0.05) is 53.2 Å². The number of allylic oxidation sites excluding steroid dienone is 4. The van der Waals surface area contributed by atoms with Crippen LogP contribution in [0.25, 0.3) is 10.4 Å². The minimum atomic E-state index is -0.727. The second-order valence-electron chi connectivity index (χ2n) is 11.9. The van der Waals surface area contributed by atoms with E-state index < -0.39 is 6.10 Å². The second-order valence-corrected chi connectivity index (χ2v) is 12.4. The highest BCUT2D eigenvalue weighted by Crippen LogP contribution is 2.64. The molecule has 0 radical (unpaired) electrons. The molecule has 4 unspecified atom stereocenters. The van der Waals surface area contributed by atoms with Crippen molar-refractivity contribution in [3.05, 3.63) is 56.5 Å². The van der Waals surface area contributed by atoms with E-state index >= 15 is 0 Å². The molecule has 6 aliphatic carbocycles. The average Bonchev–Trinajstić information content (AvgIpc) is 2.85. The first-order valence-electron chi connectivity index (χ1n) is 13.6. The monoisotopic (exact) mass is 526 g/mol. The fraction of sp³-hybridized carbons (Fsp3) is 0.679. The van der Waals surface area contributed by atoms with Crippen LogP contribution >= 0.6 is 11.6 Å². The minimum Gasteiger partial charge on any atom is -0.388 e. The van der Waals surface area contributed by atoms with E-state index in [0.717, 1.165) is 23.3 Å². The molecule has 0 aromatic carbocycles. The van der Waals surface area contributed by atoms with E-state index in [1.807, 2.05) is 12.3 Å². The maximum atomic E-state index is 10.6. The van der Waals surface area contributed by atoms with Gasteiger partial charge in [-0.25, -0.2) is 5.90 Å². The van der Waals surface area contributed by atoms with Gasteiger partial charge in [-0.3, -0.25) is 9.83 Å². The van der Waals surface area contributed by atoms with Crippen molar-refractivity contribution in [2.45, 2.75) is 57.7 Å². The van der Waals surface area contributed by atoms with Gasteiger partial charge in [-0.15, -0.1) is 0 Å². The summed E-state index contributed by atoms with van der Waals surface area (Å²) in [6, 6.07) is 0. The quantitative estimate of drug-likeness (QED) is 0.0926. The molecule has 0 spiro atoms. The Morgan fingerprint density at radius 3 is 2.57 bits per heavy atom. The molecule has 0 heterocycles. The molecule has 4 saturated carbocycles. The highest BCUT2D eigenvalue weighted by molar-refractivity contribution is 6.31. The molecule has 0 amide bonds. The van der Waals surface area contributed by atoms with Crippen molar-refractivity contribution in [2.24, 2.45) is 51.0 Å². The molecular formula is C28H39ClN6O2. The third-order valence-electron chi connectivity index (χ3n) is 9.27. The molecule has 200 valence electrons. The maximum Gasteiger partial charge on any atom is 0.112 e. The number of aliphatic hydroxyl groups excluding tert-OH is 1. The zero-order valence-electron chi connectivity index (χ0n) is 21.6. The van der Waals surface area contributed by atoms with Crippen LogP contribution in [0.3, 0.4) is 0 Å². The molecule has 4 fully saturated rings. The molecule has 8 nitrogen and oxygen atoms in total. The Bertz CT molecular complexity index is 1040. The fourth-order valence-electron chi connectivity index (χ4n) is 8.22. The smallest absolute Gasteiger partial charge is 0.112 e. The van der Waals surface area contributed by atoms with E-state index in [1.54, 1.807) is 6.08 Å². The number of hydrogen-bond acceptors (Lipinski definition) is 6. The van der Waals surface area contributed by atoms with Crippen LogP contribution in [0.2, 0.25) is 0 Å². The molecule has 0 saturated heterocycles. The highest BCUT2D eigenvalue weighted by Gasteiger charge is 2.56. The Balaban J connectivity index is 1.15. The van der Waals surface area contributed by atoms with Gasteiger partial charge in [0.15, 0.2) is 0 Å². The molecule has 4 N–H and O–H groups in total. The number of hydrogen-bond donors (Lipinski definition) is 3. The van der Waals surface area contributed by atoms with Gasteiger partial charge in [-0.1, -0.05) is 40.5 Å². The minimum absolute atomic E-state index is 0.111. The Labute approximate surface area is 224 Å². The molecule has 37 heavy (non-hydrogen) atoms. The van der Waals surface area contributed by atoms with Gasteiger partial charge in [-0.2, -0.15) is 0 Å². The first-order chi connectivity index (χ1) is 17.9. The van der Waals surface area contributed by atoms with Gasteiger partial charge < -0.3 is 10.4 Å². The molecule has 6 rings (SSSR count). The number of aliphatic hydroxyl groups is 1. The van der Waals surface area contributed by atoms with Crippen molar-refractivity contribution in [2.75, 3.05) is 26.2 Å². The normalized spacial score (nSPS) is 38.6. The lowest BCUT2D eigenvalue weighted by Crippen LogP contribution is -2.53. The van der Waals surface area contributed by atoms with Gasteiger partial charge >= 0.3 is 0 Å². The highest BCUT2D eigenvalue weighted by atomic mass is 35.5. The molecule has 0 aromatic heterocycles. The number of halogens is 1. The summed E-state index contributed by atoms with van der Waals surface area (Å²) in [5.41, 5.74) is 11.8. The molecule has 4 bridgehead atoms. The molecular weight excluding hydrogens is 488 g/mol. The Morgan fingerprint density at radius 1 is 1.22 bits per heavy atom. The summed E-state index contributed by atoms with van der Waals surface area (Å²) in [5, 5.41) is 18.0. The summed E-state index contributed by atoms with van der Waals surface area (Å²) in [4.78, 5) is 13.1. The van der Waals surface area contributed by atoms with Crippen LogP contribution < -0.4 is 11.2 Å². The third kappa shape index (κ3) is 5.75. The van der Waals surface area contributed by atoms with Crippen LogP contribution in [0.5, 0.6) is 0 Å². The van der Waals surface area contributed by atoms with E-state index in [1.165, 1.54) is 44.1 Å². The number of nitrogens with two attached hydrogens (primary N) is 1. The number of rotatable bonds is 10. The molecule has 0 aliphatic heterocycles. The standard InChI is InChI=1S/C28H39ClN6O2/c1-17-4-23(15-33-3-2-32-14-21-9-24(29)10-22(26(21)36)16-34-35-30)27(37-31)25(5-17)28-11-18-6-19(12-28)8-20(7-18)13-28/h4-5,9-10,15,18-21,25-27,32,36H,2-3,6-8,11-14,16,31H2,1H3. The van der Waals surface area contributed by atoms with E-state index in [4.69, 9.17) is 32.9 Å². The Kier molecular flexibility index (Phi) is 8.25. The van der Waals surface area contributed by atoms with Gasteiger partial charge in [-0.05, 0) is 85.8 Å². The van der Waals surface area contributed by atoms with E-state index in [9.17, 15) is 5.11 Å². The maximum absolute atomic E-state index is 10.6. The van der Waals surface area contributed by atoms with Gasteiger partial charge in [0.05, 0.1) is 12.6 Å². The Hall–Kier alpha value is -1.93. The first kappa shape index (κ1) is 26.7. The summed E-state index contributed by atoms with van der Waals surface area (Å²) in [6.07, 6.45) is 17.3. The largest absolute Gasteiger partial charge is 0.388 e. The van der Waals surface area contributed by atoms with E-state index in [-0.39, 0.29) is 18.6 Å². The Morgan fingerprint density at radius 2 is 1.92 bits per heavy atom. The van der Waals surface area contributed by atoms with Gasteiger partial charge in [0.1, 0.15) is 6.10 Å². The molecule has 9 heteroatoms. The molecule has 4 atom stereocenters. The fourth-order valence-corrected chi connectivity index (χ4v) is 8.52. The molecule has 0 aromatic rings. The zero-order valence-corrected chi connectivity index (χ0v) is 22.4. The van der Waals surface area contributed by atoms with Gasteiger partial charge in [0.25, 0.3) is 0 Å². The van der Waals surface area contributed by atoms with Crippen molar-refractivity contribution in [1.29, 1.82) is 0 Å². The van der Waals surface area contributed by atoms with Crippen molar-refractivity contribution < 1.29 is 9.94 Å². The number of azide groups is 1. The number of nitrogens with zero attached hydrogens (tertiary/aromatic N) is 4. The SMILES string of the molecule is CC1=CC(C23CC4CC(CC(C4)C2)C3)C(ON)C(C=NCCNCC2C=C(Cl)C=C(CN=[N+]=[N-])C2O)=C1. The predicted octanol–water partition coefficient (Wildman–Crippen LogP) is 4.97. The molecule has 6 aliphatic rings. The lowest BCUT2D eigenvalue weighted by atomic mass is 9.45. The predicted molar refractivity (Wildman–Crippen MR) is 147 cm³/mol. The summed E-state index contributed by atoms with van der Waals surface area (Å²) in [7, 11) is 0. The van der Waals surface area contributed by atoms with Crippen LogP contribution in [-0.2, 0) is 4.84 Å². The number of aliphatic imine (C=N–C) groups is 1. The van der Waals surface area contributed by atoms with Crippen LogP contribution in [0, 0.1) is 35.0 Å². The van der Waals surface area contributed by atoms with Crippen LogP contribution in [0.1, 0.15) is 45.4 Å². The summed E-state index contributed by atoms with van der Waals surface area (Å²) < 4.78 is 0. The van der Waals surface area contributed by atoms with Crippen LogP contribution in [0.4, 0.5) is 0 Å². The third-order valence-corrected chi connectivity index (χ3v) is 9.50. The summed E-state index contributed by atoms with van der Waals surface area (Å²) >= 11 is 6.20. The van der Waals surface area contributed by atoms with E-state index in [2.05, 4.69) is 34.4 Å². The van der Waals surface area contributed by atoms with Crippen molar-refractivity contribution in [1.82, 2.24) is 5.32 Å². The first-order valence-corrected chi connectivity index (χ1v) is 14.0. The van der Waals surface area contributed by atoms with Crippen molar-refractivity contribution >= 4 is 17.8 Å². The van der Waals surface area contributed by atoms with E-state index in [0.29, 0.717) is 41.6 Å². The number of nitrogens with one attached hydrogen (secondary N) is 1. The summed E-state index contributed by atoms with van der Waals surface area (Å²) in [6.45, 7) is 4.10. The second kappa shape index (κ2) is 11.4. The topological polar surface area (TPSA) is 129 Å². The summed E-state index contributed by atoms with van der Waals surface area (Å²) in [5.74, 6) is 8.70. The lowest BCUT2D eigenvalue weighted by molar-refractivity contribution is -0.108. The van der Waals surface area contributed by atoms with Crippen LogP contribution in [-0.4, -0.2) is 49.7 Å². The zero-order chi connectivity index (χ0) is 26.0. The average molecular weight is 527 g/mol. The van der Waals surface area contributed by atoms with Gasteiger partial charge in [0.2, 0.25) is 0 Å². The van der Waals surface area contributed by atoms with Crippen LogP contribution in [0.15, 0.2) is 56.2 Å². The van der Waals surface area contributed by atoms with Crippen molar-refractivity contribution in [3.8, 4) is 0 Å².